The van der Waals surface area contributed by atoms with Crippen molar-refractivity contribution in [2.75, 3.05) is 43.3 Å². The quantitative estimate of drug-likeness (QED) is 0.907. The van der Waals surface area contributed by atoms with Crippen LogP contribution in [-0.2, 0) is 4.74 Å². The van der Waals surface area contributed by atoms with Crippen molar-refractivity contribution in [2.24, 2.45) is 0 Å². The number of hydrogen-bond donors (Lipinski definition) is 1. The highest BCUT2D eigenvalue weighted by atomic mass is 16.7. The number of carbonyl (C=O) groups excluding carboxylic acids is 1. The minimum Gasteiger partial charge on any atom is -0.454 e. The first kappa shape index (κ1) is 15.6. The summed E-state index contributed by atoms with van der Waals surface area (Å²) in [5, 5.41) is 2.84. The molecule has 25 heavy (non-hydrogen) atoms. The van der Waals surface area contributed by atoms with Gasteiger partial charge in [0.25, 0.3) is 5.91 Å². The molecule has 4 rings (SSSR count). The van der Waals surface area contributed by atoms with Gasteiger partial charge in [0.2, 0.25) is 12.7 Å². The Kier molecular flexibility index (Phi) is 4.10. The number of ether oxygens (including phenoxy) is 3. The summed E-state index contributed by atoms with van der Waals surface area (Å²) in [5.74, 6) is 1.66. The number of nitrogens with one attached hydrogen (secondary N) is 1. The van der Waals surface area contributed by atoms with Crippen LogP contribution in [0.25, 0.3) is 0 Å². The number of benzene rings is 1. The molecule has 1 amide bonds. The van der Waals surface area contributed by atoms with Crippen LogP contribution in [-0.4, -0.2) is 49.0 Å². The number of carbonyl (C=O) groups is 1. The van der Waals surface area contributed by atoms with Gasteiger partial charge >= 0.3 is 0 Å². The van der Waals surface area contributed by atoms with E-state index in [9.17, 15) is 4.79 Å². The molecule has 0 saturated carbocycles. The topological polar surface area (TPSA) is 85.8 Å². The van der Waals surface area contributed by atoms with Gasteiger partial charge in [-0.05, 0) is 19.1 Å². The Labute approximate surface area is 144 Å². The third-order valence-electron chi connectivity index (χ3n) is 4.14. The van der Waals surface area contributed by atoms with Crippen molar-refractivity contribution < 1.29 is 19.0 Å². The van der Waals surface area contributed by atoms with Crippen LogP contribution in [0, 0.1) is 6.92 Å². The highest BCUT2D eigenvalue weighted by Gasteiger charge is 2.18. The number of anilines is 2. The lowest BCUT2D eigenvalue weighted by Gasteiger charge is -2.27. The lowest BCUT2D eigenvalue weighted by atomic mass is 10.2. The van der Waals surface area contributed by atoms with E-state index in [-0.39, 0.29) is 12.7 Å². The van der Waals surface area contributed by atoms with Crippen LogP contribution >= 0.6 is 0 Å². The first-order chi connectivity index (χ1) is 12.2. The third-order valence-corrected chi connectivity index (χ3v) is 4.14. The summed E-state index contributed by atoms with van der Waals surface area (Å²) in [6.45, 7) is 4.83. The molecular weight excluding hydrogens is 324 g/mol. The summed E-state index contributed by atoms with van der Waals surface area (Å²) in [7, 11) is 0. The zero-order chi connectivity index (χ0) is 17.2. The number of morpholine rings is 1. The second kappa shape index (κ2) is 6.56. The van der Waals surface area contributed by atoms with E-state index in [1.54, 1.807) is 31.3 Å². The molecule has 0 radical (unpaired) electrons. The summed E-state index contributed by atoms with van der Waals surface area (Å²) in [4.78, 5) is 23.4. The van der Waals surface area contributed by atoms with E-state index >= 15 is 0 Å². The first-order valence-corrected chi connectivity index (χ1v) is 8.08. The van der Waals surface area contributed by atoms with E-state index in [2.05, 4.69) is 20.2 Å². The van der Waals surface area contributed by atoms with E-state index in [1.165, 1.54) is 0 Å². The summed E-state index contributed by atoms with van der Waals surface area (Å²) >= 11 is 0. The van der Waals surface area contributed by atoms with Gasteiger partial charge in [-0.25, -0.2) is 9.97 Å². The van der Waals surface area contributed by atoms with Gasteiger partial charge in [-0.3, -0.25) is 4.79 Å². The van der Waals surface area contributed by atoms with Crippen molar-refractivity contribution in [3.8, 4) is 11.5 Å². The van der Waals surface area contributed by atoms with Gasteiger partial charge in [-0.2, -0.15) is 0 Å². The number of aromatic nitrogens is 2. The molecule has 0 atom stereocenters. The maximum Gasteiger partial charge on any atom is 0.259 e. The molecule has 3 heterocycles. The number of rotatable bonds is 3. The number of aryl methyl sites for hydroxylation is 1. The lowest BCUT2D eigenvalue weighted by molar-refractivity contribution is 0.102. The molecule has 8 nitrogen and oxygen atoms in total. The fraction of sp³-hybridized carbons (Fsp3) is 0.353. The molecule has 1 fully saturated rings. The molecule has 0 spiro atoms. The molecule has 0 bridgehead atoms. The van der Waals surface area contributed by atoms with Crippen LogP contribution in [0.4, 0.5) is 11.6 Å². The van der Waals surface area contributed by atoms with Crippen LogP contribution in [0.1, 0.15) is 16.1 Å². The Morgan fingerprint density at radius 2 is 2.00 bits per heavy atom. The number of hydrogen-bond acceptors (Lipinski definition) is 7. The van der Waals surface area contributed by atoms with Crippen LogP contribution in [0.15, 0.2) is 24.4 Å². The third kappa shape index (κ3) is 3.20. The van der Waals surface area contributed by atoms with Gasteiger partial charge in [0.1, 0.15) is 0 Å². The molecule has 2 aliphatic rings. The minimum atomic E-state index is -0.259. The molecule has 1 aromatic carbocycles. The second-order valence-electron chi connectivity index (χ2n) is 5.79. The van der Waals surface area contributed by atoms with E-state index in [0.29, 0.717) is 47.6 Å². The molecule has 8 heteroatoms. The van der Waals surface area contributed by atoms with Gasteiger partial charge in [0, 0.05) is 31.0 Å². The summed E-state index contributed by atoms with van der Waals surface area (Å²) in [6, 6.07) is 5.27. The van der Waals surface area contributed by atoms with Crippen LogP contribution < -0.4 is 19.7 Å². The predicted octanol–water partition coefficient (Wildman–Crippen LogP) is 1.60. The molecule has 1 aromatic heterocycles. The highest BCUT2D eigenvalue weighted by Crippen LogP contribution is 2.34. The van der Waals surface area contributed by atoms with Gasteiger partial charge < -0.3 is 24.4 Å². The molecular formula is C17H18N4O4. The van der Waals surface area contributed by atoms with Crippen LogP contribution in [0.2, 0.25) is 0 Å². The molecule has 1 saturated heterocycles. The molecule has 0 unspecified atom stereocenters. The maximum atomic E-state index is 12.5. The number of amides is 1. The number of nitrogens with zero attached hydrogens (tertiary/aromatic N) is 3. The molecule has 0 aliphatic carbocycles. The van der Waals surface area contributed by atoms with Crippen LogP contribution in [0.3, 0.4) is 0 Å². The maximum absolute atomic E-state index is 12.5. The lowest BCUT2D eigenvalue weighted by Crippen LogP contribution is -2.37. The molecule has 1 N–H and O–H groups in total. The minimum absolute atomic E-state index is 0.197. The average Bonchev–Trinajstić information content (AvgIpc) is 3.10. The smallest absolute Gasteiger partial charge is 0.259 e. The van der Waals surface area contributed by atoms with Gasteiger partial charge in [-0.15, -0.1) is 0 Å². The van der Waals surface area contributed by atoms with E-state index in [0.717, 1.165) is 13.1 Å². The Hall–Kier alpha value is -2.87. The van der Waals surface area contributed by atoms with Crippen molar-refractivity contribution in [3.63, 3.8) is 0 Å². The fourth-order valence-corrected chi connectivity index (χ4v) is 2.77. The van der Waals surface area contributed by atoms with Crippen LogP contribution in [0.5, 0.6) is 11.5 Å². The van der Waals surface area contributed by atoms with Gasteiger partial charge in [0.15, 0.2) is 11.5 Å². The number of fused-ring (bicyclic) bond motifs is 1. The predicted molar refractivity (Wildman–Crippen MR) is 90.3 cm³/mol. The average molecular weight is 342 g/mol. The van der Waals surface area contributed by atoms with E-state index < -0.39 is 0 Å². The van der Waals surface area contributed by atoms with Crippen molar-refractivity contribution in [2.45, 2.75) is 6.92 Å². The Bertz CT molecular complexity index is 805. The van der Waals surface area contributed by atoms with Crippen molar-refractivity contribution in [1.82, 2.24) is 9.97 Å². The molecule has 2 aliphatic heterocycles. The zero-order valence-electron chi connectivity index (χ0n) is 13.8. The Morgan fingerprint density at radius 1 is 1.20 bits per heavy atom. The normalized spacial score (nSPS) is 16.0. The van der Waals surface area contributed by atoms with Crippen molar-refractivity contribution in [1.29, 1.82) is 0 Å². The second-order valence-corrected chi connectivity index (χ2v) is 5.79. The van der Waals surface area contributed by atoms with Gasteiger partial charge in [-0.1, -0.05) is 0 Å². The fourth-order valence-electron chi connectivity index (χ4n) is 2.77. The largest absolute Gasteiger partial charge is 0.454 e. The summed E-state index contributed by atoms with van der Waals surface area (Å²) in [6.07, 6.45) is 1.56. The summed E-state index contributed by atoms with van der Waals surface area (Å²) < 4.78 is 15.9. The zero-order valence-corrected chi connectivity index (χ0v) is 13.8. The Morgan fingerprint density at radius 3 is 2.80 bits per heavy atom. The van der Waals surface area contributed by atoms with Crippen molar-refractivity contribution in [3.05, 3.63) is 35.7 Å². The first-order valence-electron chi connectivity index (χ1n) is 8.08. The van der Waals surface area contributed by atoms with E-state index in [1.807, 2.05) is 0 Å². The highest BCUT2D eigenvalue weighted by molar-refractivity contribution is 6.05. The van der Waals surface area contributed by atoms with E-state index in [4.69, 9.17) is 14.2 Å². The Balaban J connectivity index is 1.50. The monoisotopic (exact) mass is 342 g/mol. The van der Waals surface area contributed by atoms with Crippen molar-refractivity contribution >= 4 is 17.5 Å². The van der Waals surface area contributed by atoms with Gasteiger partial charge in [0.05, 0.1) is 24.5 Å². The standard InChI is InChI=1S/C17H18N4O4/c1-11-13(9-18-17(19-11)21-4-6-23-7-5-21)16(22)20-12-2-3-14-15(8-12)25-10-24-14/h2-3,8-9H,4-7,10H2,1H3,(H,20,22). The molecule has 2 aromatic rings. The SMILES string of the molecule is Cc1nc(N2CCOCC2)ncc1C(=O)Nc1ccc2c(c1)OCO2. The summed E-state index contributed by atoms with van der Waals surface area (Å²) in [5.41, 5.74) is 1.70. The molecule has 130 valence electrons.